The summed E-state index contributed by atoms with van der Waals surface area (Å²) in [6.45, 7) is 6.64. The summed E-state index contributed by atoms with van der Waals surface area (Å²) in [5, 5.41) is 0. The van der Waals surface area contributed by atoms with Crippen molar-refractivity contribution in [1.82, 2.24) is 9.55 Å². The largest absolute Gasteiger partial charge is 0.369 e. The molecule has 1 unspecified atom stereocenters. The summed E-state index contributed by atoms with van der Waals surface area (Å²) in [6.07, 6.45) is 1.10. The Labute approximate surface area is 110 Å². The maximum absolute atomic E-state index is 6.02. The highest BCUT2D eigenvalue weighted by Gasteiger charge is 2.15. The van der Waals surface area contributed by atoms with Gasteiger partial charge >= 0.3 is 0 Å². The van der Waals surface area contributed by atoms with E-state index in [4.69, 9.17) is 5.73 Å². The summed E-state index contributed by atoms with van der Waals surface area (Å²) in [7, 11) is 0. The SMILES string of the molecule is CC(C)CC(C)n1c(N)nc2cc(Br)ccc21. The number of halogens is 1. The molecule has 1 aromatic carbocycles. The molecule has 17 heavy (non-hydrogen) atoms. The first kappa shape index (κ1) is 12.4. The molecule has 92 valence electrons. The van der Waals surface area contributed by atoms with E-state index in [0.717, 1.165) is 21.9 Å². The third-order valence-electron chi connectivity index (χ3n) is 2.93. The fraction of sp³-hybridized carbons (Fsp3) is 0.462. The number of nitrogens with two attached hydrogens (primary N) is 1. The second-order valence-corrected chi connectivity index (χ2v) is 5.87. The molecule has 0 spiro atoms. The molecule has 2 aromatic rings. The maximum Gasteiger partial charge on any atom is 0.201 e. The van der Waals surface area contributed by atoms with Crippen LogP contribution in [0.5, 0.6) is 0 Å². The van der Waals surface area contributed by atoms with Crippen molar-refractivity contribution in [2.45, 2.75) is 33.2 Å². The number of rotatable bonds is 3. The van der Waals surface area contributed by atoms with Gasteiger partial charge in [-0.25, -0.2) is 4.98 Å². The van der Waals surface area contributed by atoms with Gasteiger partial charge in [0.1, 0.15) is 0 Å². The number of imidazole rings is 1. The lowest BCUT2D eigenvalue weighted by atomic mass is 10.1. The normalized spacial score (nSPS) is 13.5. The van der Waals surface area contributed by atoms with E-state index in [1.807, 2.05) is 12.1 Å². The average molecular weight is 296 g/mol. The summed E-state index contributed by atoms with van der Waals surface area (Å²) >= 11 is 3.45. The summed E-state index contributed by atoms with van der Waals surface area (Å²) in [6, 6.07) is 6.48. The Balaban J connectivity index is 2.49. The summed E-state index contributed by atoms with van der Waals surface area (Å²) in [5.74, 6) is 1.25. The van der Waals surface area contributed by atoms with Gasteiger partial charge in [0.05, 0.1) is 11.0 Å². The number of nitrogens with zero attached hydrogens (tertiary/aromatic N) is 2. The van der Waals surface area contributed by atoms with E-state index in [2.05, 4.69) is 52.3 Å². The molecule has 1 aromatic heterocycles. The average Bonchev–Trinajstić information content (AvgIpc) is 2.51. The molecule has 1 atom stereocenters. The minimum atomic E-state index is 0.376. The van der Waals surface area contributed by atoms with E-state index in [1.165, 1.54) is 0 Å². The number of anilines is 1. The summed E-state index contributed by atoms with van der Waals surface area (Å²) in [4.78, 5) is 4.41. The van der Waals surface area contributed by atoms with Gasteiger partial charge in [0.15, 0.2) is 0 Å². The van der Waals surface area contributed by atoms with Crippen LogP contribution < -0.4 is 5.73 Å². The molecule has 0 amide bonds. The van der Waals surface area contributed by atoms with Gasteiger partial charge in [-0.05, 0) is 37.5 Å². The van der Waals surface area contributed by atoms with Crippen molar-refractivity contribution in [3.63, 3.8) is 0 Å². The van der Waals surface area contributed by atoms with Gasteiger partial charge in [-0.15, -0.1) is 0 Å². The quantitative estimate of drug-likeness (QED) is 0.930. The first-order chi connectivity index (χ1) is 7.99. The maximum atomic E-state index is 6.02. The standard InChI is InChI=1S/C13H18BrN3/c1-8(2)6-9(3)17-12-5-4-10(14)7-11(12)16-13(17)15/h4-5,7-9H,6H2,1-3H3,(H2,15,16). The van der Waals surface area contributed by atoms with Crippen LogP contribution in [0.15, 0.2) is 22.7 Å². The molecule has 2 rings (SSSR count). The van der Waals surface area contributed by atoms with Gasteiger partial charge in [0.2, 0.25) is 5.95 Å². The predicted octanol–water partition coefficient (Wildman–Crippen LogP) is 3.99. The van der Waals surface area contributed by atoms with Crippen molar-refractivity contribution >= 4 is 32.9 Å². The van der Waals surface area contributed by atoms with E-state index in [-0.39, 0.29) is 0 Å². The number of benzene rings is 1. The fourth-order valence-corrected chi connectivity index (χ4v) is 2.69. The Morgan fingerprint density at radius 3 is 2.71 bits per heavy atom. The molecule has 0 aliphatic rings. The lowest BCUT2D eigenvalue weighted by Crippen LogP contribution is -2.10. The third-order valence-corrected chi connectivity index (χ3v) is 3.43. The van der Waals surface area contributed by atoms with Crippen molar-refractivity contribution < 1.29 is 0 Å². The molecule has 0 fully saturated rings. The van der Waals surface area contributed by atoms with E-state index < -0.39 is 0 Å². The molecule has 1 heterocycles. The number of hydrogen-bond donors (Lipinski definition) is 1. The van der Waals surface area contributed by atoms with Gasteiger partial charge < -0.3 is 10.3 Å². The van der Waals surface area contributed by atoms with Crippen molar-refractivity contribution in [2.75, 3.05) is 5.73 Å². The molecule has 2 N–H and O–H groups in total. The molecule has 0 aliphatic heterocycles. The lowest BCUT2D eigenvalue weighted by Gasteiger charge is -2.17. The van der Waals surface area contributed by atoms with Crippen LogP contribution in [0, 0.1) is 5.92 Å². The zero-order chi connectivity index (χ0) is 12.6. The topological polar surface area (TPSA) is 43.8 Å². The molecule has 0 radical (unpaired) electrons. The first-order valence-corrected chi connectivity index (χ1v) is 6.71. The van der Waals surface area contributed by atoms with Crippen LogP contribution >= 0.6 is 15.9 Å². The Morgan fingerprint density at radius 2 is 2.06 bits per heavy atom. The Bertz CT molecular complexity index is 531. The molecule has 0 saturated heterocycles. The molecule has 0 saturated carbocycles. The second-order valence-electron chi connectivity index (χ2n) is 4.95. The predicted molar refractivity (Wildman–Crippen MR) is 76.0 cm³/mol. The van der Waals surface area contributed by atoms with Gasteiger partial charge in [0.25, 0.3) is 0 Å². The van der Waals surface area contributed by atoms with Crippen LogP contribution in [0.2, 0.25) is 0 Å². The summed E-state index contributed by atoms with van der Waals surface area (Å²) < 4.78 is 3.16. The minimum absolute atomic E-state index is 0.376. The highest BCUT2D eigenvalue weighted by atomic mass is 79.9. The molecular formula is C13H18BrN3. The van der Waals surface area contributed by atoms with Crippen molar-refractivity contribution in [3.05, 3.63) is 22.7 Å². The van der Waals surface area contributed by atoms with E-state index in [0.29, 0.717) is 17.9 Å². The van der Waals surface area contributed by atoms with Gasteiger partial charge in [-0.1, -0.05) is 29.8 Å². The molecule has 0 aliphatic carbocycles. The number of nitrogen functional groups attached to an aromatic ring is 1. The Hall–Kier alpha value is -1.03. The van der Waals surface area contributed by atoms with Gasteiger partial charge in [0, 0.05) is 10.5 Å². The highest BCUT2D eigenvalue weighted by molar-refractivity contribution is 9.10. The highest BCUT2D eigenvalue weighted by Crippen LogP contribution is 2.28. The number of aromatic nitrogens is 2. The van der Waals surface area contributed by atoms with Crippen LogP contribution in [0.25, 0.3) is 11.0 Å². The second kappa shape index (κ2) is 4.69. The molecular weight excluding hydrogens is 278 g/mol. The number of hydrogen-bond acceptors (Lipinski definition) is 2. The van der Waals surface area contributed by atoms with Crippen LogP contribution in [-0.4, -0.2) is 9.55 Å². The smallest absolute Gasteiger partial charge is 0.201 e. The molecule has 4 heteroatoms. The van der Waals surface area contributed by atoms with Gasteiger partial charge in [-0.2, -0.15) is 0 Å². The van der Waals surface area contributed by atoms with E-state index in [9.17, 15) is 0 Å². The molecule has 3 nitrogen and oxygen atoms in total. The number of fused-ring (bicyclic) bond motifs is 1. The minimum Gasteiger partial charge on any atom is -0.369 e. The van der Waals surface area contributed by atoms with Gasteiger partial charge in [-0.3, -0.25) is 0 Å². The van der Waals surface area contributed by atoms with Crippen LogP contribution in [-0.2, 0) is 0 Å². The fourth-order valence-electron chi connectivity index (χ4n) is 2.34. The van der Waals surface area contributed by atoms with E-state index in [1.54, 1.807) is 0 Å². The van der Waals surface area contributed by atoms with Crippen molar-refractivity contribution in [3.8, 4) is 0 Å². The lowest BCUT2D eigenvalue weighted by molar-refractivity contribution is 0.439. The van der Waals surface area contributed by atoms with Crippen molar-refractivity contribution in [2.24, 2.45) is 5.92 Å². The molecule has 0 bridgehead atoms. The Kier molecular flexibility index (Phi) is 3.43. The van der Waals surface area contributed by atoms with Crippen LogP contribution in [0.1, 0.15) is 33.2 Å². The van der Waals surface area contributed by atoms with Crippen LogP contribution in [0.3, 0.4) is 0 Å². The zero-order valence-electron chi connectivity index (χ0n) is 10.4. The first-order valence-electron chi connectivity index (χ1n) is 5.92. The van der Waals surface area contributed by atoms with Crippen molar-refractivity contribution in [1.29, 1.82) is 0 Å². The zero-order valence-corrected chi connectivity index (χ0v) is 12.0. The van der Waals surface area contributed by atoms with E-state index >= 15 is 0 Å². The Morgan fingerprint density at radius 1 is 1.35 bits per heavy atom. The van der Waals surface area contributed by atoms with Crippen LogP contribution in [0.4, 0.5) is 5.95 Å². The monoisotopic (exact) mass is 295 g/mol. The third kappa shape index (κ3) is 2.46. The summed E-state index contributed by atoms with van der Waals surface area (Å²) in [5.41, 5.74) is 8.08.